The maximum atomic E-state index is 12.1. The van der Waals surface area contributed by atoms with E-state index in [1.54, 1.807) is 11.7 Å². The fourth-order valence-corrected chi connectivity index (χ4v) is 3.00. The van der Waals surface area contributed by atoms with Crippen molar-refractivity contribution in [1.82, 2.24) is 20.8 Å². The first-order valence-corrected chi connectivity index (χ1v) is 8.41. The normalized spacial score (nSPS) is 13.5. The Hall–Kier alpha value is -2.67. The average Bonchev–Trinajstić information content (AvgIpc) is 2.91. The number of hydrogen-bond acceptors (Lipinski definition) is 5. The predicted molar refractivity (Wildman–Crippen MR) is 93.0 cm³/mol. The van der Waals surface area contributed by atoms with Gasteiger partial charge in [-0.05, 0) is 38.5 Å². The highest BCUT2D eigenvalue weighted by molar-refractivity contribution is 7.07. The summed E-state index contributed by atoms with van der Waals surface area (Å²) >= 11 is 1.53. The number of aromatic nitrogens is 2. The minimum atomic E-state index is -0.616. The number of amides is 2. The smallest absolute Gasteiger partial charge is 0.348 e. The predicted octanol–water partition coefficient (Wildman–Crippen LogP) is 1.55. The van der Waals surface area contributed by atoms with Crippen molar-refractivity contribution >= 4 is 29.5 Å². The Kier molecular flexibility index (Phi) is 4.61. The molecule has 0 saturated carbocycles. The summed E-state index contributed by atoms with van der Waals surface area (Å²) in [7, 11) is 0. The fraction of sp³-hybridized carbons (Fsp3) is 0.235. The average molecular weight is 342 g/mol. The van der Waals surface area contributed by atoms with Crippen LogP contribution in [-0.4, -0.2) is 16.0 Å². The quantitative estimate of drug-likeness (QED) is 0.827. The van der Waals surface area contributed by atoms with E-state index < -0.39 is 11.6 Å². The van der Waals surface area contributed by atoms with Crippen molar-refractivity contribution in [2.24, 2.45) is 0 Å². The van der Waals surface area contributed by atoms with Crippen LogP contribution in [0.1, 0.15) is 26.0 Å². The maximum Gasteiger partial charge on any atom is 0.348 e. The highest BCUT2D eigenvalue weighted by atomic mass is 32.1. The SMILES string of the molecule is CC(C)(NC(=O)NOC1=CCC=c2ncsc2=C1)c1ccccn1. The number of hydroxylamine groups is 1. The highest BCUT2D eigenvalue weighted by Gasteiger charge is 2.24. The van der Waals surface area contributed by atoms with E-state index in [4.69, 9.17) is 4.84 Å². The first-order chi connectivity index (χ1) is 11.5. The van der Waals surface area contributed by atoms with Gasteiger partial charge in [0.15, 0.2) is 5.76 Å². The molecule has 2 N–H and O–H groups in total. The van der Waals surface area contributed by atoms with Crippen LogP contribution in [0.15, 0.2) is 41.7 Å². The summed E-state index contributed by atoms with van der Waals surface area (Å²) in [6.07, 6.45) is 8.16. The molecule has 24 heavy (non-hydrogen) atoms. The molecular formula is C17H18N4O2S. The van der Waals surface area contributed by atoms with Crippen LogP contribution in [0.4, 0.5) is 4.79 Å². The van der Waals surface area contributed by atoms with Gasteiger partial charge in [-0.2, -0.15) is 5.48 Å². The van der Waals surface area contributed by atoms with Crippen LogP contribution in [0, 0.1) is 0 Å². The van der Waals surface area contributed by atoms with Gasteiger partial charge >= 0.3 is 6.03 Å². The molecule has 1 aliphatic carbocycles. The molecule has 3 rings (SSSR count). The zero-order chi connectivity index (χ0) is 17.0. The van der Waals surface area contributed by atoms with Crippen LogP contribution < -0.4 is 20.7 Å². The van der Waals surface area contributed by atoms with Crippen molar-refractivity contribution in [3.8, 4) is 0 Å². The molecule has 0 atom stereocenters. The molecule has 0 unspecified atom stereocenters. The first-order valence-electron chi connectivity index (χ1n) is 7.53. The van der Waals surface area contributed by atoms with Gasteiger partial charge < -0.3 is 10.2 Å². The molecular weight excluding hydrogens is 324 g/mol. The number of carbonyl (C=O) groups excluding carboxylic acids is 1. The number of thiazole rings is 1. The molecule has 0 aliphatic heterocycles. The second-order valence-electron chi connectivity index (χ2n) is 5.79. The third kappa shape index (κ3) is 3.80. The highest BCUT2D eigenvalue weighted by Crippen LogP contribution is 2.16. The first kappa shape index (κ1) is 16.2. The number of nitrogens with one attached hydrogen (secondary N) is 2. The van der Waals surface area contributed by atoms with Gasteiger partial charge in [0.05, 0.1) is 26.6 Å². The lowest BCUT2D eigenvalue weighted by Gasteiger charge is -2.25. The van der Waals surface area contributed by atoms with Crippen LogP contribution in [0.25, 0.3) is 12.2 Å². The zero-order valence-electron chi connectivity index (χ0n) is 13.4. The summed E-state index contributed by atoms with van der Waals surface area (Å²) in [6, 6.07) is 5.15. The third-order valence-electron chi connectivity index (χ3n) is 3.52. The largest absolute Gasteiger partial charge is 0.378 e. The van der Waals surface area contributed by atoms with Crippen molar-refractivity contribution in [1.29, 1.82) is 0 Å². The molecule has 0 aromatic carbocycles. The third-order valence-corrected chi connectivity index (χ3v) is 4.31. The van der Waals surface area contributed by atoms with Crippen LogP contribution in [0.5, 0.6) is 0 Å². The molecule has 124 valence electrons. The van der Waals surface area contributed by atoms with Crippen LogP contribution in [0.3, 0.4) is 0 Å². The molecule has 2 amide bonds. The molecule has 7 heteroatoms. The Labute approximate surface area is 143 Å². The summed E-state index contributed by atoms with van der Waals surface area (Å²) in [6.45, 7) is 3.76. The van der Waals surface area contributed by atoms with E-state index in [0.29, 0.717) is 12.2 Å². The number of fused-ring (bicyclic) bond motifs is 1. The minimum Gasteiger partial charge on any atom is -0.378 e. The molecule has 0 saturated heterocycles. The molecule has 6 nitrogen and oxygen atoms in total. The second kappa shape index (κ2) is 6.84. The van der Waals surface area contributed by atoms with Crippen LogP contribution in [0.2, 0.25) is 0 Å². The Bertz CT molecular complexity index is 871. The van der Waals surface area contributed by atoms with E-state index in [2.05, 4.69) is 20.8 Å². The molecule has 2 heterocycles. The summed E-state index contributed by atoms with van der Waals surface area (Å²) in [5.41, 5.74) is 4.36. The van der Waals surface area contributed by atoms with Crippen molar-refractivity contribution in [2.45, 2.75) is 25.8 Å². The molecule has 2 aromatic rings. The van der Waals surface area contributed by atoms with E-state index >= 15 is 0 Å². The minimum absolute atomic E-state index is 0.433. The van der Waals surface area contributed by atoms with E-state index in [1.165, 1.54) is 11.3 Å². The topological polar surface area (TPSA) is 76.1 Å². The lowest BCUT2D eigenvalue weighted by molar-refractivity contribution is 0.123. The number of pyridine rings is 1. The van der Waals surface area contributed by atoms with E-state index in [-0.39, 0.29) is 0 Å². The van der Waals surface area contributed by atoms with Gasteiger partial charge in [-0.15, -0.1) is 11.3 Å². The number of hydrogen-bond donors (Lipinski definition) is 2. The van der Waals surface area contributed by atoms with Gasteiger partial charge in [0.1, 0.15) is 0 Å². The Morgan fingerprint density at radius 1 is 1.29 bits per heavy atom. The van der Waals surface area contributed by atoms with Crippen molar-refractivity contribution in [3.63, 3.8) is 0 Å². The monoisotopic (exact) mass is 342 g/mol. The van der Waals surface area contributed by atoms with Crippen LogP contribution >= 0.6 is 11.3 Å². The maximum absolute atomic E-state index is 12.1. The number of rotatable bonds is 4. The summed E-state index contributed by atoms with van der Waals surface area (Å²) in [5.74, 6) is 0.583. The van der Waals surface area contributed by atoms with E-state index in [1.807, 2.05) is 50.3 Å². The molecule has 0 bridgehead atoms. The number of carbonyl (C=O) groups is 1. The molecule has 1 aliphatic rings. The Morgan fingerprint density at radius 2 is 2.17 bits per heavy atom. The Balaban J connectivity index is 1.61. The molecule has 0 spiro atoms. The van der Waals surface area contributed by atoms with Crippen molar-refractivity contribution < 1.29 is 9.63 Å². The van der Waals surface area contributed by atoms with Gasteiger partial charge in [-0.1, -0.05) is 12.1 Å². The van der Waals surface area contributed by atoms with Crippen molar-refractivity contribution in [2.75, 3.05) is 0 Å². The molecule has 2 aromatic heterocycles. The van der Waals surface area contributed by atoms with E-state index in [0.717, 1.165) is 15.6 Å². The summed E-state index contributed by atoms with van der Waals surface area (Å²) in [4.78, 5) is 26.1. The van der Waals surface area contributed by atoms with Gasteiger partial charge in [0.2, 0.25) is 0 Å². The van der Waals surface area contributed by atoms with Gasteiger partial charge in [-0.3, -0.25) is 4.98 Å². The summed E-state index contributed by atoms with van der Waals surface area (Å²) in [5, 5.41) is 3.79. The van der Waals surface area contributed by atoms with Gasteiger partial charge in [0, 0.05) is 12.3 Å². The molecule has 0 radical (unpaired) electrons. The van der Waals surface area contributed by atoms with E-state index in [9.17, 15) is 4.79 Å². The lowest BCUT2D eigenvalue weighted by atomic mass is 10.0. The molecule has 0 fully saturated rings. The van der Waals surface area contributed by atoms with Crippen molar-refractivity contribution in [3.05, 3.63) is 57.3 Å². The number of nitrogens with zero attached hydrogens (tertiary/aromatic N) is 2. The number of allylic oxidation sites excluding steroid dienone is 2. The van der Waals surface area contributed by atoms with Crippen LogP contribution in [-0.2, 0) is 10.4 Å². The number of urea groups is 1. The lowest BCUT2D eigenvalue weighted by Crippen LogP contribution is -2.46. The fourth-order valence-electron chi connectivity index (χ4n) is 2.28. The Morgan fingerprint density at radius 3 is 2.96 bits per heavy atom. The standard InChI is InChI=1S/C17H18N4O2S/c1-17(2,15-8-3-4-9-18-15)20-16(22)21-23-12-6-5-7-13-14(10-12)24-11-19-13/h3-4,6-11H,5H2,1-2H3,(H2,20,21,22). The summed E-state index contributed by atoms with van der Waals surface area (Å²) < 4.78 is 1.01. The zero-order valence-corrected chi connectivity index (χ0v) is 14.3. The second-order valence-corrected chi connectivity index (χ2v) is 6.68. The van der Waals surface area contributed by atoms with Gasteiger partial charge in [-0.25, -0.2) is 9.78 Å². The van der Waals surface area contributed by atoms with Gasteiger partial charge in [0.25, 0.3) is 0 Å².